The van der Waals surface area contributed by atoms with Crippen molar-refractivity contribution in [3.05, 3.63) is 51.4 Å². The van der Waals surface area contributed by atoms with Crippen LogP contribution in [0.4, 0.5) is 0 Å². The van der Waals surface area contributed by atoms with Crippen molar-refractivity contribution in [3.8, 4) is 11.4 Å². The van der Waals surface area contributed by atoms with Gasteiger partial charge in [-0.05, 0) is 26.3 Å². The molecule has 0 bridgehead atoms. The molecule has 0 spiro atoms. The lowest BCUT2D eigenvalue weighted by Gasteiger charge is -2.07. The number of H-pyrrole nitrogens is 1. The van der Waals surface area contributed by atoms with E-state index in [4.69, 9.17) is 0 Å². The molecular formula is C15H18N2O. The molecule has 3 nitrogen and oxygen atoms in total. The Morgan fingerprint density at radius 3 is 2.67 bits per heavy atom. The van der Waals surface area contributed by atoms with Gasteiger partial charge in [0.1, 0.15) is 5.82 Å². The highest BCUT2D eigenvalue weighted by molar-refractivity contribution is 5.56. The third kappa shape index (κ3) is 2.50. The average Bonchev–Trinajstić information content (AvgIpc) is 2.33. The molecule has 1 aromatic heterocycles. The second kappa shape index (κ2) is 5.17. The molecule has 1 aromatic carbocycles. The highest BCUT2D eigenvalue weighted by Crippen LogP contribution is 2.16. The molecule has 1 N–H and O–H groups in total. The molecular weight excluding hydrogens is 224 g/mol. The zero-order valence-electron chi connectivity index (χ0n) is 11.1. The lowest BCUT2D eigenvalue weighted by molar-refractivity contribution is 0.868. The van der Waals surface area contributed by atoms with E-state index in [-0.39, 0.29) is 5.56 Å². The first kappa shape index (κ1) is 12.6. The van der Waals surface area contributed by atoms with E-state index in [0.29, 0.717) is 5.82 Å². The van der Waals surface area contributed by atoms with Crippen LogP contribution < -0.4 is 5.56 Å². The van der Waals surface area contributed by atoms with Crippen LogP contribution >= 0.6 is 0 Å². The smallest absolute Gasteiger partial charge is 0.254 e. The molecule has 0 aliphatic carbocycles. The summed E-state index contributed by atoms with van der Waals surface area (Å²) >= 11 is 0. The molecule has 0 saturated carbocycles. The van der Waals surface area contributed by atoms with Crippen LogP contribution in [0.5, 0.6) is 0 Å². The first-order chi connectivity index (χ1) is 8.61. The van der Waals surface area contributed by atoms with Gasteiger partial charge in [0.25, 0.3) is 5.56 Å². The third-order valence-corrected chi connectivity index (χ3v) is 3.01. The van der Waals surface area contributed by atoms with E-state index in [9.17, 15) is 4.79 Å². The van der Waals surface area contributed by atoms with E-state index >= 15 is 0 Å². The zero-order valence-corrected chi connectivity index (χ0v) is 11.1. The summed E-state index contributed by atoms with van der Waals surface area (Å²) in [4.78, 5) is 19.4. The Morgan fingerprint density at radius 2 is 2.06 bits per heavy atom. The highest BCUT2D eigenvalue weighted by atomic mass is 16.1. The molecule has 0 amide bonds. The molecule has 18 heavy (non-hydrogen) atoms. The summed E-state index contributed by atoms with van der Waals surface area (Å²) in [5.74, 6) is 0.654. The van der Waals surface area contributed by atoms with Gasteiger partial charge in [0.2, 0.25) is 0 Å². The van der Waals surface area contributed by atoms with E-state index in [1.54, 1.807) is 0 Å². The van der Waals surface area contributed by atoms with Crippen LogP contribution in [0.1, 0.15) is 30.2 Å². The van der Waals surface area contributed by atoms with Crippen LogP contribution in [0.15, 0.2) is 29.1 Å². The molecule has 0 saturated heterocycles. The molecule has 1 heterocycles. The summed E-state index contributed by atoms with van der Waals surface area (Å²) in [5.41, 5.74) is 3.73. The van der Waals surface area contributed by atoms with E-state index in [2.05, 4.69) is 16.9 Å². The van der Waals surface area contributed by atoms with Crippen LogP contribution in [0, 0.1) is 13.8 Å². The normalized spacial score (nSPS) is 10.6. The average molecular weight is 242 g/mol. The highest BCUT2D eigenvalue weighted by Gasteiger charge is 2.08. The molecule has 0 aliphatic heterocycles. The van der Waals surface area contributed by atoms with Crippen LogP contribution in [0.2, 0.25) is 0 Å². The van der Waals surface area contributed by atoms with Crippen LogP contribution in [-0.2, 0) is 6.42 Å². The number of hydrogen-bond donors (Lipinski definition) is 1. The van der Waals surface area contributed by atoms with Gasteiger partial charge < -0.3 is 4.98 Å². The number of aromatic amines is 1. The summed E-state index contributed by atoms with van der Waals surface area (Å²) in [7, 11) is 0. The summed E-state index contributed by atoms with van der Waals surface area (Å²) < 4.78 is 0. The fourth-order valence-corrected chi connectivity index (χ4v) is 2.08. The molecule has 0 fully saturated rings. The Kier molecular flexibility index (Phi) is 3.60. The third-order valence-electron chi connectivity index (χ3n) is 3.01. The van der Waals surface area contributed by atoms with Gasteiger partial charge in [-0.2, -0.15) is 0 Å². The maximum atomic E-state index is 12.0. The fourth-order valence-electron chi connectivity index (χ4n) is 2.08. The maximum Gasteiger partial charge on any atom is 0.254 e. The van der Waals surface area contributed by atoms with Crippen molar-refractivity contribution in [1.29, 1.82) is 0 Å². The lowest BCUT2D eigenvalue weighted by atomic mass is 10.1. The minimum absolute atomic E-state index is 0.0131. The van der Waals surface area contributed by atoms with Gasteiger partial charge in [-0.3, -0.25) is 4.79 Å². The van der Waals surface area contributed by atoms with Crippen molar-refractivity contribution in [1.82, 2.24) is 9.97 Å². The van der Waals surface area contributed by atoms with E-state index in [1.807, 2.05) is 38.1 Å². The predicted octanol–water partition coefficient (Wildman–Crippen LogP) is 3.01. The van der Waals surface area contributed by atoms with E-state index in [0.717, 1.165) is 35.2 Å². The van der Waals surface area contributed by atoms with Crippen molar-refractivity contribution in [2.75, 3.05) is 0 Å². The number of nitrogens with zero attached hydrogens (tertiary/aromatic N) is 1. The Labute approximate surface area is 107 Å². The van der Waals surface area contributed by atoms with Crippen molar-refractivity contribution in [3.63, 3.8) is 0 Å². The van der Waals surface area contributed by atoms with Crippen molar-refractivity contribution < 1.29 is 0 Å². The van der Waals surface area contributed by atoms with Gasteiger partial charge in [0.05, 0.1) is 0 Å². The second-order valence-corrected chi connectivity index (χ2v) is 4.60. The molecule has 0 aliphatic rings. The number of nitrogens with one attached hydrogen (secondary N) is 1. The zero-order chi connectivity index (χ0) is 13.1. The summed E-state index contributed by atoms with van der Waals surface area (Å²) in [5, 5.41) is 0. The predicted molar refractivity (Wildman–Crippen MR) is 73.8 cm³/mol. The molecule has 0 radical (unpaired) electrons. The van der Waals surface area contributed by atoms with Gasteiger partial charge in [-0.1, -0.05) is 37.1 Å². The lowest BCUT2D eigenvalue weighted by Crippen LogP contribution is -2.17. The fraction of sp³-hybridized carbons (Fsp3) is 0.333. The molecule has 94 valence electrons. The molecule has 2 aromatic rings. The van der Waals surface area contributed by atoms with E-state index < -0.39 is 0 Å². The monoisotopic (exact) mass is 242 g/mol. The van der Waals surface area contributed by atoms with Gasteiger partial charge in [0, 0.05) is 16.8 Å². The Hall–Kier alpha value is -1.90. The summed E-state index contributed by atoms with van der Waals surface area (Å²) in [6, 6.07) is 7.99. The Bertz CT molecular complexity index is 614. The molecule has 2 rings (SSSR count). The summed E-state index contributed by atoms with van der Waals surface area (Å²) in [6.45, 7) is 5.99. The molecule has 0 unspecified atom stereocenters. The summed E-state index contributed by atoms with van der Waals surface area (Å²) in [6.07, 6.45) is 1.73. The van der Waals surface area contributed by atoms with Crippen molar-refractivity contribution >= 4 is 0 Å². The van der Waals surface area contributed by atoms with Crippen LogP contribution in [0.3, 0.4) is 0 Å². The molecule has 0 atom stereocenters. The largest absolute Gasteiger partial charge is 0.306 e. The standard InChI is InChI=1S/C15H18N2O/c1-4-6-13-11(3)16-14(17-15(13)18)12-8-5-7-10(2)9-12/h5,7-9H,4,6H2,1-3H3,(H,16,17,18). The SMILES string of the molecule is CCCc1c(C)nc(-c2cccc(C)c2)[nH]c1=O. The van der Waals surface area contributed by atoms with Crippen molar-refractivity contribution in [2.45, 2.75) is 33.6 Å². The van der Waals surface area contributed by atoms with Gasteiger partial charge in [-0.25, -0.2) is 4.98 Å². The van der Waals surface area contributed by atoms with Crippen molar-refractivity contribution in [2.24, 2.45) is 0 Å². The topological polar surface area (TPSA) is 45.8 Å². The quantitative estimate of drug-likeness (QED) is 0.899. The first-order valence-corrected chi connectivity index (χ1v) is 6.28. The number of rotatable bonds is 3. The minimum atomic E-state index is -0.0131. The Balaban J connectivity index is 2.51. The Morgan fingerprint density at radius 1 is 1.28 bits per heavy atom. The van der Waals surface area contributed by atoms with Crippen LogP contribution in [-0.4, -0.2) is 9.97 Å². The van der Waals surface area contributed by atoms with Gasteiger partial charge >= 0.3 is 0 Å². The number of hydrogen-bond acceptors (Lipinski definition) is 2. The second-order valence-electron chi connectivity index (χ2n) is 4.60. The minimum Gasteiger partial charge on any atom is -0.306 e. The van der Waals surface area contributed by atoms with Crippen LogP contribution in [0.25, 0.3) is 11.4 Å². The first-order valence-electron chi connectivity index (χ1n) is 6.28. The van der Waals surface area contributed by atoms with Gasteiger partial charge in [-0.15, -0.1) is 0 Å². The number of benzene rings is 1. The number of aryl methyl sites for hydroxylation is 2. The molecule has 3 heteroatoms. The maximum absolute atomic E-state index is 12.0. The van der Waals surface area contributed by atoms with Gasteiger partial charge in [0.15, 0.2) is 0 Å². The number of aromatic nitrogens is 2. The van der Waals surface area contributed by atoms with E-state index in [1.165, 1.54) is 0 Å².